The van der Waals surface area contributed by atoms with Crippen LogP contribution in [0.1, 0.15) is 97.3 Å². The van der Waals surface area contributed by atoms with Crippen molar-refractivity contribution in [2.75, 3.05) is 19.6 Å². The molecule has 1 aliphatic rings. The van der Waals surface area contributed by atoms with Gasteiger partial charge in [-0.25, -0.2) is 0 Å². The molecule has 0 aromatic heterocycles. The number of hydrogen-bond donors (Lipinski definition) is 0. The van der Waals surface area contributed by atoms with E-state index in [9.17, 15) is 0 Å². The normalized spacial score (nSPS) is 18.9. The van der Waals surface area contributed by atoms with Gasteiger partial charge in [0.1, 0.15) is 0 Å². The van der Waals surface area contributed by atoms with E-state index in [0.717, 1.165) is 5.92 Å². The van der Waals surface area contributed by atoms with Gasteiger partial charge in [0.2, 0.25) is 0 Å². The Bertz CT molecular complexity index is 208. The molecular weight excluding hydrogens is 278 g/mol. The molecular formula is C19H40ClN. The molecule has 0 saturated carbocycles. The Morgan fingerprint density at radius 2 is 1.24 bits per heavy atom. The summed E-state index contributed by atoms with van der Waals surface area (Å²) < 4.78 is 0. The minimum Gasteiger partial charge on any atom is -0.303 e. The summed E-state index contributed by atoms with van der Waals surface area (Å²) in [7, 11) is 0. The molecule has 0 aromatic carbocycles. The molecule has 1 nitrogen and oxygen atoms in total. The van der Waals surface area contributed by atoms with Crippen molar-refractivity contribution in [1.29, 1.82) is 0 Å². The van der Waals surface area contributed by atoms with E-state index in [1.807, 2.05) is 0 Å². The summed E-state index contributed by atoms with van der Waals surface area (Å²) in [5, 5.41) is 0. The van der Waals surface area contributed by atoms with Gasteiger partial charge in [-0.15, -0.1) is 12.4 Å². The standard InChI is InChI=1S/C19H39N.ClH/c1-3-4-5-6-7-8-9-10-11-12-13-14-16-20-17-15-19(2)18-20;/h19H,3-18H2,1-2H3;1H. The maximum absolute atomic E-state index is 2.67. The molecule has 0 bridgehead atoms. The number of likely N-dealkylation sites (tertiary alicyclic amines) is 1. The molecule has 0 radical (unpaired) electrons. The van der Waals surface area contributed by atoms with Crippen molar-refractivity contribution < 1.29 is 0 Å². The van der Waals surface area contributed by atoms with Crippen LogP contribution in [-0.2, 0) is 0 Å². The molecule has 1 aliphatic heterocycles. The molecule has 128 valence electrons. The van der Waals surface area contributed by atoms with E-state index in [2.05, 4.69) is 18.7 Å². The van der Waals surface area contributed by atoms with Crippen LogP contribution in [0.5, 0.6) is 0 Å². The van der Waals surface area contributed by atoms with Crippen LogP contribution >= 0.6 is 12.4 Å². The average molecular weight is 318 g/mol. The summed E-state index contributed by atoms with van der Waals surface area (Å²) >= 11 is 0. The lowest BCUT2D eigenvalue weighted by Gasteiger charge is -2.14. The quantitative estimate of drug-likeness (QED) is 0.353. The average Bonchev–Trinajstić information content (AvgIpc) is 2.86. The first-order valence-corrected chi connectivity index (χ1v) is 9.55. The summed E-state index contributed by atoms with van der Waals surface area (Å²) in [5.74, 6) is 0.951. The van der Waals surface area contributed by atoms with E-state index in [0.29, 0.717) is 0 Å². The smallest absolute Gasteiger partial charge is 0.000750 e. The predicted molar refractivity (Wildman–Crippen MR) is 98.5 cm³/mol. The Morgan fingerprint density at radius 1 is 0.762 bits per heavy atom. The molecule has 1 atom stereocenters. The number of hydrogen-bond acceptors (Lipinski definition) is 1. The van der Waals surface area contributed by atoms with E-state index >= 15 is 0 Å². The van der Waals surface area contributed by atoms with Gasteiger partial charge < -0.3 is 4.90 Å². The molecule has 1 unspecified atom stereocenters. The van der Waals surface area contributed by atoms with E-state index in [-0.39, 0.29) is 12.4 Å². The second-order valence-electron chi connectivity index (χ2n) is 7.08. The Morgan fingerprint density at radius 3 is 1.67 bits per heavy atom. The summed E-state index contributed by atoms with van der Waals surface area (Å²) in [6.07, 6.45) is 18.9. The SMILES string of the molecule is CCCCCCCCCCCCCCN1CCC(C)C1.Cl. The number of unbranched alkanes of at least 4 members (excludes halogenated alkanes) is 11. The first-order valence-electron chi connectivity index (χ1n) is 9.55. The fourth-order valence-electron chi connectivity index (χ4n) is 3.41. The molecule has 0 amide bonds. The monoisotopic (exact) mass is 317 g/mol. The molecule has 21 heavy (non-hydrogen) atoms. The van der Waals surface area contributed by atoms with Gasteiger partial charge in [0.25, 0.3) is 0 Å². The van der Waals surface area contributed by atoms with Gasteiger partial charge in [-0.3, -0.25) is 0 Å². The van der Waals surface area contributed by atoms with Crippen molar-refractivity contribution >= 4 is 12.4 Å². The van der Waals surface area contributed by atoms with Crippen LogP contribution in [0, 0.1) is 5.92 Å². The van der Waals surface area contributed by atoms with Crippen LogP contribution in [0.4, 0.5) is 0 Å². The molecule has 0 spiro atoms. The van der Waals surface area contributed by atoms with Gasteiger partial charge >= 0.3 is 0 Å². The minimum atomic E-state index is 0. The van der Waals surface area contributed by atoms with Crippen LogP contribution in [0.25, 0.3) is 0 Å². The van der Waals surface area contributed by atoms with Gasteiger partial charge in [-0.2, -0.15) is 0 Å². The highest BCUT2D eigenvalue weighted by Crippen LogP contribution is 2.16. The second-order valence-corrected chi connectivity index (χ2v) is 7.08. The summed E-state index contributed by atoms with van der Waals surface area (Å²) in [6, 6.07) is 0. The van der Waals surface area contributed by atoms with E-state index in [1.165, 1.54) is 103 Å². The topological polar surface area (TPSA) is 3.24 Å². The molecule has 0 N–H and O–H groups in total. The Hall–Kier alpha value is 0.250. The highest BCUT2D eigenvalue weighted by Gasteiger charge is 2.17. The summed E-state index contributed by atoms with van der Waals surface area (Å²) in [4.78, 5) is 2.67. The maximum Gasteiger partial charge on any atom is 0.000750 e. The lowest BCUT2D eigenvalue weighted by Crippen LogP contribution is -2.21. The van der Waals surface area contributed by atoms with Crippen LogP contribution in [-0.4, -0.2) is 24.5 Å². The molecule has 0 aliphatic carbocycles. The molecule has 1 heterocycles. The van der Waals surface area contributed by atoms with E-state index < -0.39 is 0 Å². The zero-order chi connectivity index (χ0) is 14.5. The van der Waals surface area contributed by atoms with Gasteiger partial charge in [0, 0.05) is 6.54 Å². The van der Waals surface area contributed by atoms with Crippen molar-refractivity contribution in [3.05, 3.63) is 0 Å². The molecule has 2 heteroatoms. The molecule has 0 aromatic rings. The van der Waals surface area contributed by atoms with Gasteiger partial charge in [0.15, 0.2) is 0 Å². The Labute approximate surface area is 140 Å². The summed E-state index contributed by atoms with van der Waals surface area (Å²) in [6.45, 7) is 8.77. The second kappa shape index (κ2) is 15.2. The highest BCUT2D eigenvalue weighted by molar-refractivity contribution is 5.85. The number of rotatable bonds is 13. The van der Waals surface area contributed by atoms with Crippen molar-refractivity contribution in [2.45, 2.75) is 97.3 Å². The van der Waals surface area contributed by atoms with Crippen molar-refractivity contribution in [3.8, 4) is 0 Å². The Balaban J connectivity index is 0.00000400. The minimum absolute atomic E-state index is 0. The third-order valence-electron chi connectivity index (χ3n) is 4.84. The first-order chi connectivity index (χ1) is 9.83. The van der Waals surface area contributed by atoms with Crippen LogP contribution in [0.3, 0.4) is 0 Å². The van der Waals surface area contributed by atoms with Gasteiger partial charge in [-0.1, -0.05) is 84.5 Å². The number of nitrogens with zero attached hydrogens (tertiary/aromatic N) is 1. The number of halogens is 1. The van der Waals surface area contributed by atoms with Crippen LogP contribution in [0.2, 0.25) is 0 Å². The largest absolute Gasteiger partial charge is 0.303 e. The van der Waals surface area contributed by atoms with Crippen LogP contribution < -0.4 is 0 Å². The van der Waals surface area contributed by atoms with E-state index in [4.69, 9.17) is 0 Å². The molecule has 1 rings (SSSR count). The van der Waals surface area contributed by atoms with E-state index in [1.54, 1.807) is 0 Å². The fraction of sp³-hybridized carbons (Fsp3) is 1.00. The third-order valence-corrected chi connectivity index (χ3v) is 4.84. The van der Waals surface area contributed by atoms with Crippen LogP contribution in [0.15, 0.2) is 0 Å². The lowest BCUT2D eigenvalue weighted by molar-refractivity contribution is 0.317. The fourth-order valence-corrected chi connectivity index (χ4v) is 3.41. The Kier molecular flexibility index (Phi) is 15.3. The van der Waals surface area contributed by atoms with Gasteiger partial charge in [-0.05, 0) is 31.8 Å². The predicted octanol–water partition coefficient (Wildman–Crippen LogP) is 6.45. The zero-order valence-corrected chi connectivity index (χ0v) is 15.6. The molecule has 1 fully saturated rings. The van der Waals surface area contributed by atoms with Crippen molar-refractivity contribution in [3.63, 3.8) is 0 Å². The maximum atomic E-state index is 2.67. The van der Waals surface area contributed by atoms with Crippen molar-refractivity contribution in [2.24, 2.45) is 5.92 Å². The van der Waals surface area contributed by atoms with Crippen molar-refractivity contribution in [1.82, 2.24) is 4.90 Å². The molecule has 1 saturated heterocycles. The lowest BCUT2D eigenvalue weighted by atomic mass is 10.1. The third kappa shape index (κ3) is 12.5. The first kappa shape index (κ1) is 21.2. The zero-order valence-electron chi connectivity index (χ0n) is 14.7. The summed E-state index contributed by atoms with van der Waals surface area (Å²) in [5.41, 5.74) is 0. The highest BCUT2D eigenvalue weighted by atomic mass is 35.5. The van der Waals surface area contributed by atoms with Gasteiger partial charge in [0.05, 0.1) is 0 Å².